The zero-order valence-corrected chi connectivity index (χ0v) is 20.2. The number of methoxy groups -OCH3 is 2. The minimum Gasteiger partial charge on any atom is -0.497 e. The molecule has 1 amide bonds. The molecule has 0 heterocycles. The molecular formula is C25H28N2O5S. The van der Waals surface area contributed by atoms with Gasteiger partial charge < -0.3 is 14.8 Å². The van der Waals surface area contributed by atoms with Gasteiger partial charge in [0.05, 0.1) is 38.4 Å². The van der Waals surface area contributed by atoms with Crippen LogP contribution in [0.2, 0.25) is 0 Å². The van der Waals surface area contributed by atoms with E-state index in [1.54, 1.807) is 55.6 Å². The summed E-state index contributed by atoms with van der Waals surface area (Å²) in [5.74, 6) is 0.732. The molecule has 0 bridgehead atoms. The lowest BCUT2D eigenvalue weighted by Crippen LogP contribution is -2.29. The fraction of sp³-hybridized carbons (Fsp3) is 0.240. The van der Waals surface area contributed by atoms with Gasteiger partial charge in [-0.15, -0.1) is 0 Å². The first-order chi connectivity index (χ1) is 15.6. The molecular weight excluding hydrogens is 440 g/mol. The van der Waals surface area contributed by atoms with Gasteiger partial charge in [-0.05, 0) is 66.9 Å². The Kier molecular flexibility index (Phi) is 7.28. The molecule has 0 atom stereocenters. The monoisotopic (exact) mass is 468 g/mol. The Balaban J connectivity index is 1.88. The van der Waals surface area contributed by atoms with Crippen molar-refractivity contribution >= 4 is 27.3 Å². The molecule has 3 aromatic rings. The van der Waals surface area contributed by atoms with Gasteiger partial charge in [-0.2, -0.15) is 0 Å². The largest absolute Gasteiger partial charge is 0.497 e. The maximum absolute atomic E-state index is 12.9. The van der Waals surface area contributed by atoms with Crippen LogP contribution in [0.15, 0.2) is 60.7 Å². The van der Waals surface area contributed by atoms with Crippen LogP contribution in [0, 0.1) is 13.8 Å². The van der Waals surface area contributed by atoms with Gasteiger partial charge >= 0.3 is 0 Å². The standard InChI is InChI=1S/C25H28N2O5S/c1-17-9-10-21(13-18(17)2)27(33(5,29)30)16-19-7-6-8-20(14-19)25(28)26-23-15-22(31-3)11-12-24(23)32-4/h6-15H,16H2,1-5H3,(H,26,28). The lowest BCUT2D eigenvalue weighted by Gasteiger charge is -2.23. The number of nitrogens with one attached hydrogen (secondary N) is 1. The number of nitrogens with zero attached hydrogens (tertiary/aromatic N) is 1. The quantitative estimate of drug-likeness (QED) is 0.525. The summed E-state index contributed by atoms with van der Waals surface area (Å²) in [5, 5.41) is 2.83. The third kappa shape index (κ3) is 5.84. The van der Waals surface area contributed by atoms with Gasteiger partial charge in [-0.1, -0.05) is 18.2 Å². The minimum atomic E-state index is -3.54. The zero-order valence-electron chi connectivity index (χ0n) is 19.4. The number of benzene rings is 3. The molecule has 0 aliphatic carbocycles. The van der Waals surface area contributed by atoms with E-state index in [-0.39, 0.29) is 12.5 Å². The van der Waals surface area contributed by atoms with Gasteiger partial charge in [-0.3, -0.25) is 9.10 Å². The van der Waals surface area contributed by atoms with Gasteiger partial charge in [0.15, 0.2) is 0 Å². The van der Waals surface area contributed by atoms with Crippen LogP contribution in [-0.2, 0) is 16.6 Å². The second-order valence-corrected chi connectivity index (χ2v) is 9.67. The Hall–Kier alpha value is -3.52. The molecule has 0 saturated heterocycles. The molecule has 0 radical (unpaired) electrons. The smallest absolute Gasteiger partial charge is 0.255 e. The predicted molar refractivity (Wildman–Crippen MR) is 131 cm³/mol. The zero-order chi connectivity index (χ0) is 24.2. The highest BCUT2D eigenvalue weighted by atomic mass is 32.2. The highest BCUT2D eigenvalue weighted by Crippen LogP contribution is 2.29. The van der Waals surface area contributed by atoms with Crippen molar-refractivity contribution in [3.8, 4) is 11.5 Å². The number of rotatable bonds is 8. The molecule has 0 saturated carbocycles. The van der Waals surface area contributed by atoms with Crippen LogP contribution in [0.4, 0.5) is 11.4 Å². The van der Waals surface area contributed by atoms with Crippen molar-refractivity contribution in [2.75, 3.05) is 30.1 Å². The van der Waals surface area contributed by atoms with E-state index < -0.39 is 10.0 Å². The van der Waals surface area contributed by atoms with Gasteiger partial charge in [0.2, 0.25) is 10.0 Å². The molecule has 0 unspecified atom stereocenters. The van der Waals surface area contributed by atoms with Crippen molar-refractivity contribution in [1.82, 2.24) is 0 Å². The average molecular weight is 469 g/mol. The molecule has 0 fully saturated rings. The number of anilines is 2. The van der Waals surface area contributed by atoms with E-state index in [0.717, 1.165) is 11.1 Å². The number of sulfonamides is 1. The first-order valence-electron chi connectivity index (χ1n) is 10.3. The van der Waals surface area contributed by atoms with E-state index in [1.165, 1.54) is 17.7 Å². The Morgan fingerprint density at radius 2 is 1.70 bits per heavy atom. The number of amides is 1. The minimum absolute atomic E-state index is 0.102. The van der Waals surface area contributed by atoms with Gasteiger partial charge in [0, 0.05) is 11.6 Å². The Bertz CT molecular complexity index is 1270. The van der Waals surface area contributed by atoms with Crippen LogP contribution in [-0.4, -0.2) is 34.8 Å². The Labute approximate surface area is 195 Å². The summed E-state index contributed by atoms with van der Waals surface area (Å²) in [6, 6.07) is 17.5. The van der Waals surface area contributed by atoms with Crippen LogP contribution in [0.25, 0.3) is 0 Å². The van der Waals surface area contributed by atoms with Gasteiger partial charge in [-0.25, -0.2) is 8.42 Å². The van der Waals surface area contributed by atoms with Gasteiger partial charge in [0.1, 0.15) is 11.5 Å². The molecule has 8 heteroatoms. The summed E-state index contributed by atoms with van der Waals surface area (Å²) < 4.78 is 37.0. The van der Waals surface area contributed by atoms with Crippen LogP contribution >= 0.6 is 0 Å². The molecule has 33 heavy (non-hydrogen) atoms. The van der Waals surface area contributed by atoms with Gasteiger partial charge in [0.25, 0.3) is 5.91 Å². The molecule has 0 aliphatic rings. The lowest BCUT2D eigenvalue weighted by molar-refractivity contribution is 0.102. The fourth-order valence-electron chi connectivity index (χ4n) is 3.36. The number of hydrogen-bond donors (Lipinski definition) is 1. The summed E-state index contributed by atoms with van der Waals surface area (Å²) in [4.78, 5) is 12.9. The first-order valence-corrected chi connectivity index (χ1v) is 12.1. The number of carbonyl (C=O) groups is 1. The van der Waals surface area contributed by atoms with Crippen LogP contribution < -0.4 is 19.1 Å². The molecule has 0 aliphatic heterocycles. The lowest BCUT2D eigenvalue weighted by atomic mass is 10.1. The molecule has 0 spiro atoms. The van der Waals surface area contributed by atoms with Crippen molar-refractivity contribution in [3.05, 3.63) is 82.9 Å². The maximum Gasteiger partial charge on any atom is 0.255 e. The van der Waals surface area contributed by atoms with Crippen molar-refractivity contribution < 1.29 is 22.7 Å². The average Bonchev–Trinajstić information content (AvgIpc) is 2.78. The summed E-state index contributed by atoms with van der Waals surface area (Å²) in [6.07, 6.45) is 1.17. The van der Waals surface area contributed by atoms with Crippen molar-refractivity contribution in [3.63, 3.8) is 0 Å². The molecule has 0 aromatic heterocycles. The third-order valence-corrected chi connectivity index (χ3v) is 6.49. The third-order valence-electron chi connectivity index (χ3n) is 5.35. The molecule has 3 rings (SSSR count). The van der Waals surface area contributed by atoms with E-state index in [4.69, 9.17) is 9.47 Å². The normalized spacial score (nSPS) is 11.1. The maximum atomic E-state index is 12.9. The second-order valence-electron chi connectivity index (χ2n) is 7.76. The second kappa shape index (κ2) is 9.95. The molecule has 1 N–H and O–H groups in total. The van der Waals surface area contributed by atoms with E-state index in [2.05, 4.69) is 5.32 Å². The van der Waals surface area contributed by atoms with Crippen molar-refractivity contribution in [2.24, 2.45) is 0 Å². The van der Waals surface area contributed by atoms with Crippen molar-refractivity contribution in [2.45, 2.75) is 20.4 Å². The number of aryl methyl sites for hydroxylation is 2. The van der Waals surface area contributed by atoms with E-state index >= 15 is 0 Å². The number of ether oxygens (including phenoxy) is 2. The Morgan fingerprint density at radius 1 is 0.939 bits per heavy atom. The van der Waals surface area contributed by atoms with E-state index in [1.807, 2.05) is 26.0 Å². The summed E-state index contributed by atoms with van der Waals surface area (Å²) in [7, 11) is -0.482. The topological polar surface area (TPSA) is 84.9 Å². The number of carbonyl (C=O) groups excluding carboxylic acids is 1. The predicted octanol–water partition coefficient (Wildman–Crippen LogP) is 4.54. The van der Waals surface area contributed by atoms with Crippen LogP contribution in [0.3, 0.4) is 0 Å². The summed E-state index contributed by atoms with van der Waals surface area (Å²) >= 11 is 0. The van der Waals surface area contributed by atoms with Crippen molar-refractivity contribution in [1.29, 1.82) is 0 Å². The molecule has 3 aromatic carbocycles. The van der Waals surface area contributed by atoms with E-state index in [9.17, 15) is 13.2 Å². The van der Waals surface area contributed by atoms with E-state index in [0.29, 0.717) is 34.0 Å². The highest BCUT2D eigenvalue weighted by Gasteiger charge is 2.19. The summed E-state index contributed by atoms with van der Waals surface area (Å²) in [6.45, 7) is 4.02. The Morgan fingerprint density at radius 3 is 2.33 bits per heavy atom. The highest BCUT2D eigenvalue weighted by molar-refractivity contribution is 7.92. The fourth-order valence-corrected chi connectivity index (χ4v) is 4.24. The van der Waals surface area contributed by atoms with Crippen LogP contribution in [0.5, 0.6) is 11.5 Å². The number of hydrogen-bond acceptors (Lipinski definition) is 5. The van der Waals surface area contributed by atoms with Crippen LogP contribution in [0.1, 0.15) is 27.0 Å². The molecule has 174 valence electrons. The first kappa shape index (κ1) is 24.1. The summed E-state index contributed by atoms with van der Waals surface area (Å²) in [5.41, 5.74) is 4.21. The SMILES string of the molecule is COc1ccc(OC)c(NC(=O)c2cccc(CN(c3ccc(C)c(C)c3)S(C)(=O)=O)c2)c1. The molecule has 7 nitrogen and oxygen atoms in total.